The summed E-state index contributed by atoms with van der Waals surface area (Å²) in [5.41, 5.74) is 2.08. The van der Waals surface area contributed by atoms with Gasteiger partial charge in [-0.15, -0.1) is 0 Å². The summed E-state index contributed by atoms with van der Waals surface area (Å²) >= 11 is 0. The Labute approximate surface area is 121 Å². The molecule has 2 saturated carbocycles. The monoisotopic (exact) mass is 278 g/mol. The maximum absolute atomic E-state index is 11.2. The quantitative estimate of drug-likeness (QED) is 0.637. The Morgan fingerprint density at radius 2 is 2.15 bits per heavy atom. The van der Waals surface area contributed by atoms with Crippen molar-refractivity contribution in [3.8, 4) is 0 Å². The summed E-state index contributed by atoms with van der Waals surface area (Å²) < 4.78 is 5.29. The molecular weight excluding hydrogens is 252 g/mol. The van der Waals surface area contributed by atoms with Crippen molar-refractivity contribution in [1.82, 2.24) is 0 Å². The number of hydrogen-bond acceptors (Lipinski definition) is 3. The largest absolute Gasteiger partial charge is 0.465 e. The minimum Gasteiger partial charge on any atom is -0.465 e. The Morgan fingerprint density at radius 1 is 1.45 bits per heavy atom. The molecule has 0 aliphatic heterocycles. The summed E-state index contributed by atoms with van der Waals surface area (Å²) in [5, 5.41) is 10.6. The van der Waals surface area contributed by atoms with Crippen molar-refractivity contribution in [2.75, 3.05) is 6.61 Å². The fourth-order valence-corrected chi connectivity index (χ4v) is 3.96. The first-order valence-corrected chi connectivity index (χ1v) is 7.51. The van der Waals surface area contributed by atoms with Crippen LogP contribution in [0.3, 0.4) is 0 Å². The van der Waals surface area contributed by atoms with E-state index < -0.39 is 6.10 Å². The second-order valence-corrected chi connectivity index (χ2v) is 6.60. The average molecular weight is 278 g/mol. The van der Waals surface area contributed by atoms with Gasteiger partial charge in [-0.2, -0.15) is 0 Å². The summed E-state index contributed by atoms with van der Waals surface area (Å²) in [7, 11) is 0. The zero-order chi connectivity index (χ0) is 14.9. The van der Waals surface area contributed by atoms with E-state index in [1.165, 1.54) is 18.1 Å². The zero-order valence-corrected chi connectivity index (χ0v) is 12.7. The van der Waals surface area contributed by atoms with Gasteiger partial charge in [0.2, 0.25) is 0 Å². The van der Waals surface area contributed by atoms with Crippen LogP contribution < -0.4 is 0 Å². The number of aliphatic hydroxyl groups excluding tert-OH is 1. The van der Waals surface area contributed by atoms with Crippen molar-refractivity contribution in [1.29, 1.82) is 0 Å². The van der Waals surface area contributed by atoms with Crippen LogP contribution in [0.4, 0.5) is 0 Å². The Hall–Kier alpha value is -1.09. The third-order valence-electron chi connectivity index (χ3n) is 5.31. The minimum absolute atomic E-state index is 0.237. The maximum atomic E-state index is 11.2. The van der Waals surface area contributed by atoms with Gasteiger partial charge >= 0.3 is 5.97 Å². The predicted octanol–water partition coefficient (Wildman–Crippen LogP) is 3.24. The molecule has 0 bridgehead atoms. The molecule has 3 nitrogen and oxygen atoms in total. The molecule has 0 unspecified atom stereocenters. The van der Waals surface area contributed by atoms with Crippen molar-refractivity contribution in [3.05, 3.63) is 24.3 Å². The fraction of sp³-hybridized carbons (Fsp3) is 0.706. The molecule has 3 heteroatoms. The molecular formula is C17H26O3. The highest BCUT2D eigenvalue weighted by Gasteiger charge is 2.52. The van der Waals surface area contributed by atoms with Gasteiger partial charge in [-0.25, -0.2) is 0 Å². The average Bonchev–Trinajstić information content (AvgIpc) is 2.40. The van der Waals surface area contributed by atoms with Gasteiger partial charge in [0.15, 0.2) is 0 Å². The molecule has 2 aliphatic rings. The molecule has 2 rings (SSSR count). The molecule has 0 saturated heterocycles. The number of rotatable bonds is 3. The van der Waals surface area contributed by atoms with Gasteiger partial charge in [0, 0.05) is 12.3 Å². The molecule has 112 valence electrons. The van der Waals surface area contributed by atoms with Crippen LogP contribution >= 0.6 is 0 Å². The summed E-state index contributed by atoms with van der Waals surface area (Å²) in [6.07, 6.45) is 4.07. The third-order valence-corrected chi connectivity index (χ3v) is 5.31. The first kappa shape index (κ1) is 15.3. The number of ether oxygens (including phenoxy) is 1. The van der Waals surface area contributed by atoms with Crippen molar-refractivity contribution in [3.63, 3.8) is 0 Å². The highest BCUT2D eigenvalue weighted by molar-refractivity contribution is 5.65. The molecule has 0 spiro atoms. The third kappa shape index (κ3) is 2.69. The Balaban J connectivity index is 2.24. The molecule has 0 amide bonds. The van der Waals surface area contributed by atoms with Crippen LogP contribution in [0.15, 0.2) is 24.3 Å². The van der Waals surface area contributed by atoms with Crippen LogP contribution in [-0.4, -0.2) is 23.8 Å². The molecule has 4 atom stereocenters. The van der Waals surface area contributed by atoms with E-state index in [1.54, 1.807) is 0 Å². The molecule has 2 aliphatic carbocycles. The second-order valence-electron chi connectivity index (χ2n) is 6.60. The van der Waals surface area contributed by atoms with Gasteiger partial charge < -0.3 is 9.84 Å². The molecule has 0 aromatic carbocycles. The Bertz CT molecular complexity index is 426. The highest BCUT2D eigenvalue weighted by atomic mass is 16.5. The molecule has 20 heavy (non-hydrogen) atoms. The van der Waals surface area contributed by atoms with Crippen molar-refractivity contribution in [2.45, 2.75) is 52.1 Å². The number of carbonyl (C=O) groups is 1. The van der Waals surface area contributed by atoms with Crippen LogP contribution in [0.1, 0.15) is 46.0 Å². The molecule has 0 aromatic rings. The number of hydrogen-bond donors (Lipinski definition) is 1. The van der Waals surface area contributed by atoms with E-state index in [0.29, 0.717) is 12.5 Å². The van der Waals surface area contributed by atoms with Gasteiger partial charge in [-0.05, 0) is 50.9 Å². The minimum atomic E-state index is -0.400. The fourth-order valence-electron chi connectivity index (χ4n) is 3.96. The normalized spacial score (nSPS) is 37.1. The predicted molar refractivity (Wildman–Crippen MR) is 79.1 cm³/mol. The Morgan fingerprint density at radius 3 is 2.75 bits per heavy atom. The lowest BCUT2D eigenvalue weighted by Gasteiger charge is -2.52. The molecule has 0 heterocycles. The number of allylic oxidation sites excluding steroid dienone is 2. The number of aliphatic hydroxyl groups is 1. The first-order chi connectivity index (χ1) is 9.36. The standard InChI is InChI=1S/C17H26O3/c1-11(2)14-7-8-17(10-20-13(4)18)15(9-14)12(3)5-6-16(17)19/h14-16,19H,1,3,5-10H2,2,4H3/t14-,15-,16+,17-/m1/s1. The zero-order valence-electron chi connectivity index (χ0n) is 12.7. The smallest absolute Gasteiger partial charge is 0.302 e. The summed E-state index contributed by atoms with van der Waals surface area (Å²) in [5.74, 6) is 0.456. The van der Waals surface area contributed by atoms with Crippen LogP contribution in [0.5, 0.6) is 0 Å². The summed E-state index contributed by atoms with van der Waals surface area (Å²) in [6.45, 7) is 12.1. The van der Waals surface area contributed by atoms with Crippen molar-refractivity contribution < 1.29 is 14.6 Å². The molecule has 1 N–H and O–H groups in total. The first-order valence-electron chi connectivity index (χ1n) is 7.51. The van der Waals surface area contributed by atoms with E-state index in [4.69, 9.17) is 4.74 Å². The number of carbonyl (C=O) groups excluding carboxylic acids is 1. The molecule has 2 fully saturated rings. The Kier molecular flexibility index (Phi) is 4.38. The number of fused-ring (bicyclic) bond motifs is 1. The maximum Gasteiger partial charge on any atom is 0.302 e. The molecule has 0 aromatic heterocycles. The summed E-state index contributed by atoms with van der Waals surface area (Å²) in [4.78, 5) is 11.2. The van der Waals surface area contributed by atoms with Gasteiger partial charge in [0.05, 0.1) is 12.7 Å². The van der Waals surface area contributed by atoms with Crippen LogP contribution in [0.2, 0.25) is 0 Å². The van der Waals surface area contributed by atoms with Gasteiger partial charge in [0.1, 0.15) is 0 Å². The van der Waals surface area contributed by atoms with E-state index in [0.717, 1.165) is 32.1 Å². The van der Waals surface area contributed by atoms with E-state index in [-0.39, 0.29) is 17.3 Å². The lowest BCUT2D eigenvalue weighted by Crippen LogP contribution is -2.52. The van der Waals surface area contributed by atoms with E-state index in [9.17, 15) is 9.90 Å². The van der Waals surface area contributed by atoms with E-state index >= 15 is 0 Å². The van der Waals surface area contributed by atoms with Gasteiger partial charge in [0.25, 0.3) is 0 Å². The van der Waals surface area contributed by atoms with Crippen molar-refractivity contribution in [2.24, 2.45) is 17.3 Å². The lowest BCUT2D eigenvalue weighted by atomic mass is 9.54. The van der Waals surface area contributed by atoms with Crippen LogP contribution in [0, 0.1) is 17.3 Å². The SMILES string of the molecule is C=C(C)[C@@H]1CC[C@@]2(COC(C)=O)[C@H](C1)C(=C)CC[C@@H]2O. The summed E-state index contributed by atoms with van der Waals surface area (Å²) in [6, 6.07) is 0. The second kappa shape index (κ2) is 5.72. The van der Waals surface area contributed by atoms with Crippen LogP contribution in [0.25, 0.3) is 0 Å². The van der Waals surface area contributed by atoms with Crippen molar-refractivity contribution >= 4 is 5.97 Å². The van der Waals surface area contributed by atoms with E-state index in [2.05, 4.69) is 20.1 Å². The van der Waals surface area contributed by atoms with E-state index in [1.807, 2.05) is 0 Å². The number of esters is 1. The van der Waals surface area contributed by atoms with Crippen LogP contribution in [-0.2, 0) is 9.53 Å². The molecule has 0 radical (unpaired) electrons. The van der Waals surface area contributed by atoms with Gasteiger partial charge in [-0.1, -0.05) is 24.3 Å². The topological polar surface area (TPSA) is 46.5 Å². The lowest BCUT2D eigenvalue weighted by molar-refractivity contribution is -0.156. The highest BCUT2D eigenvalue weighted by Crippen LogP contribution is 2.54. The van der Waals surface area contributed by atoms with Gasteiger partial charge in [-0.3, -0.25) is 4.79 Å².